The fourth-order valence-electron chi connectivity index (χ4n) is 2.60. The molecule has 1 aromatic rings. The number of halogens is 1. The maximum absolute atomic E-state index is 6.03. The van der Waals surface area contributed by atoms with Crippen LogP contribution >= 0.6 is 15.9 Å². The van der Waals surface area contributed by atoms with Crippen LogP contribution in [0.2, 0.25) is 0 Å². The molecule has 0 aromatic heterocycles. The molecule has 1 N–H and O–H groups in total. The molecule has 1 saturated carbocycles. The van der Waals surface area contributed by atoms with Crippen LogP contribution in [0.15, 0.2) is 22.7 Å². The Labute approximate surface area is 129 Å². The molecule has 2 fully saturated rings. The lowest BCUT2D eigenvalue weighted by Crippen LogP contribution is -2.29. The highest BCUT2D eigenvalue weighted by atomic mass is 79.9. The predicted octanol–water partition coefficient (Wildman–Crippen LogP) is 3.44. The number of nitrogens with one attached hydrogen (secondary N) is 1. The van der Waals surface area contributed by atoms with Crippen LogP contribution in [0.5, 0.6) is 5.75 Å². The van der Waals surface area contributed by atoms with Crippen molar-refractivity contribution in [2.24, 2.45) is 0 Å². The molecule has 0 radical (unpaired) electrons. The van der Waals surface area contributed by atoms with Gasteiger partial charge in [0.15, 0.2) is 0 Å². The maximum atomic E-state index is 6.03. The van der Waals surface area contributed by atoms with Crippen LogP contribution in [0.25, 0.3) is 0 Å². The molecule has 3 nitrogen and oxygen atoms in total. The second-order valence-electron chi connectivity index (χ2n) is 5.86. The van der Waals surface area contributed by atoms with E-state index in [-0.39, 0.29) is 6.10 Å². The molecule has 0 amide bonds. The molecule has 1 heterocycles. The van der Waals surface area contributed by atoms with E-state index in [1.54, 1.807) is 0 Å². The van der Waals surface area contributed by atoms with Crippen LogP contribution in [0.3, 0.4) is 0 Å². The van der Waals surface area contributed by atoms with E-state index in [9.17, 15) is 0 Å². The van der Waals surface area contributed by atoms with Crippen LogP contribution in [0.1, 0.15) is 31.2 Å². The van der Waals surface area contributed by atoms with Gasteiger partial charge in [-0.2, -0.15) is 0 Å². The molecule has 1 saturated heterocycles. The Bertz CT molecular complexity index is 462. The van der Waals surface area contributed by atoms with E-state index in [1.807, 2.05) is 12.1 Å². The van der Waals surface area contributed by atoms with Crippen molar-refractivity contribution in [1.82, 2.24) is 5.32 Å². The van der Waals surface area contributed by atoms with E-state index in [1.165, 1.54) is 12.8 Å². The van der Waals surface area contributed by atoms with Gasteiger partial charge in [0.1, 0.15) is 12.4 Å². The second kappa shape index (κ2) is 6.46. The third-order valence-corrected chi connectivity index (χ3v) is 4.46. The van der Waals surface area contributed by atoms with Gasteiger partial charge >= 0.3 is 0 Å². The van der Waals surface area contributed by atoms with E-state index < -0.39 is 0 Å². The lowest BCUT2D eigenvalue weighted by molar-refractivity contribution is 0.0183. The Balaban J connectivity index is 1.42. The Morgan fingerprint density at radius 2 is 2.05 bits per heavy atom. The SMILES string of the molecule is Cc1cc(Br)ccc1OCC1CCC(CNC2CC2)O1. The summed E-state index contributed by atoms with van der Waals surface area (Å²) in [6.07, 6.45) is 5.53. The highest BCUT2D eigenvalue weighted by Crippen LogP contribution is 2.25. The summed E-state index contributed by atoms with van der Waals surface area (Å²) in [4.78, 5) is 0. The summed E-state index contributed by atoms with van der Waals surface area (Å²) in [7, 11) is 0. The Kier molecular flexibility index (Phi) is 4.64. The van der Waals surface area contributed by atoms with Gasteiger partial charge in [0, 0.05) is 17.1 Å². The molecule has 0 bridgehead atoms. The highest BCUT2D eigenvalue weighted by molar-refractivity contribution is 9.10. The highest BCUT2D eigenvalue weighted by Gasteiger charge is 2.28. The van der Waals surface area contributed by atoms with Crippen molar-refractivity contribution in [2.45, 2.75) is 50.9 Å². The first-order valence-corrected chi connectivity index (χ1v) is 8.28. The van der Waals surface area contributed by atoms with Gasteiger partial charge in [-0.15, -0.1) is 0 Å². The van der Waals surface area contributed by atoms with Crippen LogP contribution in [0.4, 0.5) is 0 Å². The third-order valence-electron chi connectivity index (χ3n) is 3.97. The summed E-state index contributed by atoms with van der Waals surface area (Å²) in [6.45, 7) is 3.72. The van der Waals surface area contributed by atoms with Gasteiger partial charge in [0.2, 0.25) is 0 Å². The first-order valence-electron chi connectivity index (χ1n) is 7.48. The minimum Gasteiger partial charge on any atom is -0.491 e. The van der Waals surface area contributed by atoms with Gasteiger partial charge in [-0.3, -0.25) is 0 Å². The van der Waals surface area contributed by atoms with Crippen molar-refractivity contribution in [3.05, 3.63) is 28.2 Å². The Hall–Kier alpha value is -0.580. The molecule has 110 valence electrons. The van der Waals surface area contributed by atoms with Crippen LogP contribution in [0, 0.1) is 6.92 Å². The third kappa shape index (κ3) is 3.96. The zero-order chi connectivity index (χ0) is 13.9. The van der Waals surface area contributed by atoms with E-state index in [4.69, 9.17) is 9.47 Å². The number of hydrogen-bond donors (Lipinski definition) is 1. The molecule has 0 spiro atoms. The fourth-order valence-corrected chi connectivity index (χ4v) is 3.07. The largest absolute Gasteiger partial charge is 0.491 e. The monoisotopic (exact) mass is 339 g/mol. The number of aryl methyl sites for hydroxylation is 1. The summed E-state index contributed by atoms with van der Waals surface area (Å²) in [5.41, 5.74) is 1.16. The van der Waals surface area contributed by atoms with Gasteiger partial charge < -0.3 is 14.8 Å². The minimum absolute atomic E-state index is 0.240. The van der Waals surface area contributed by atoms with Gasteiger partial charge in [-0.05, 0) is 56.4 Å². The van der Waals surface area contributed by atoms with Gasteiger partial charge in [-0.25, -0.2) is 0 Å². The smallest absolute Gasteiger partial charge is 0.122 e. The lowest BCUT2D eigenvalue weighted by atomic mass is 10.2. The topological polar surface area (TPSA) is 30.5 Å². The van der Waals surface area contributed by atoms with Crippen LogP contribution < -0.4 is 10.1 Å². The summed E-state index contributed by atoms with van der Waals surface area (Å²) < 4.78 is 13.0. The van der Waals surface area contributed by atoms with Crippen molar-refractivity contribution in [3.63, 3.8) is 0 Å². The maximum Gasteiger partial charge on any atom is 0.122 e. The molecular weight excluding hydrogens is 318 g/mol. The van der Waals surface area contributed by atoms with Gasteiger partial charge in [0.05, 0.1) is 12.2 Å². The van der Waals surface area contributed by atoms with Crippen molar-refractivity contribution in [2.75, 3.05) is 13.2 Å². The summed E-state index contributed by atoms with van der Waals surface area (Å²) in [5, 5.41) is 3.54. The zero-order valence-electron chi connectivity index (χ0n) is 11.9. The number of ether oxygens (including phenoxy) is 2. The predicted molar refractivity (Wildman–Crippen MR) is 83.3 cm³/mol. The zero-order valence-corrected chi connectivity index (χ0v) is 13.5. The molecule has 2 unspecified atom stereocenters. The first-order chi connectivity index (χ1) is 9.70. The standard InChI is InChI=1S/C16H22BrNO2/c1-11-8-12(17)2-7-16(11)19-10-15-6-5-14(20-15)9-18-13-3-4-13/h2,7-8,13-15,18H,3-6,9-10H2,1H3. The Morgan fingerprint density at radius 3 is 2.80 bits per heavy atom. The van der Waals surface area contributed by atoms with Crippen LogP contribution in [-0.2, 0) is 4.74 Å². The molecule has 2 atom stereocenters. The summed E-state index contributed by atoms with van der Waals surface area (Å²) in [5.74, 6) is 0.955. The van der Waals surface area contributed by atoms with Crippen molar-refractivity contribution in [3.8, 4) is 5.75 Å². The average molecular weight is 340 g/mol. The molecule has 1 aliphatic heterocycles. The molecule has 2 aliphatic rings. The number of rotatable bonds is 6. The average Bonchev–Trinajstić information content (AvgIpc) is 3.14. The van der Waals surface area contributed by atoms with E-state index in [0.717, 1.165) is 41.2 Å². The van der Waals surface area contributed by atoms with Crippen molar-refractivity contribution in [1.29, 1.82) is 0 Å². The lowest BCUT2D eigenvalue weighted by Gasteiger charge is -2.16. The fraction of sp³-hybridized carbons (Fsp3) is 0.625. The van der Waals surface area contributed by atoms with Crippen LogP contribution in [-0.4, -0.2) is 31.4 Å². The van der Waals surface area contributed by atoms with Gasteiger partial charge in [0.25, 0.3) is 0 Å². The van der Waals surface area contributed by atoms with E-state index >= 15 is 0 Å². The Morgan fingerprint density at radius 1 is 1.25 bits per heavy atom. The second-order valence-corrected chi connectivity index (χ2v) is 6.78. The number of hydrogen-bond acceptors (Lipinski definition) is 3. The molecule has 20 heavy (non-hydrogen) atoms. The number of benzene rings is 1. The van der Waals surface area contributed by atoms with Gasteiger partial charge in [-0.1, -0.05) is 15.9 Å². The van der Waals surface area contributed by atoms with E-state index in [0.29, 0.717) is 12.7 Å². The molecular formula is C16H22BrNO2. The molecule has 1 aliphatic carbocycles. The summed E-state index contributed by atoms with van der Waals surface area (Å²) in [6, 6.07) is 6.87. The van der Waals surface area contributed by atoms with Crippen molar-refractivity contribution < 1.29 is 9.47 Å². The van der Waals surface area contributed by atoms with E-state index in [2.05, 4.69) is 34.2 Å². The van der Waals surface area contributed by atoms with Crippen molar-refractivity contribution >= 4 is 15.9 Å². The summed E-state index contributed by atoms with van der Waals surface area (Å²) >= 11 is 3.47. The molecule has 4 heteroatoms. The normalized spacial score (nSPS) is 25.9. The first kappa shape index (κ1) is 14.4. The quantitative estimate of drug-likeness (QED) is 0.861. The molecule has 1 aromatic carbocycles. The minimum atomic E-state index is 0.240. The molecule has 3 rings (SSSR count).